The van der Waals surface area contributed by atoms with Crippen molar-refractivity contribution in [3.8, 4) is 0 Å². The third kappa shape index (κ3) is 2.95. The monoisotopic (exact) mass is 373 g/mol. The lowest BCUT2D eigenvalue weighted by Crippen LogP contribution is -2.35. The lowest BCUT2D eigenvalue weighted by Gasteiger charge is -2.27. The normalized spacial score (nSPS) is 14.2. The molecule has 0 saturated heterocycles. The first-order valence-electron chi connectivity index (χ1n) is 9.22. The number of esters is 1. The van der Waals surface area contributed by atoms with Crippen molar-refractivity contribution < 1.29 is 19.1 Å². The zero-order valence-corrected chi connectivity index (χ0v) is 15.4. The minimum atomic E-state index is -0.738. The van der Waals surface area contributed by atoms with E-state index in [4.69, 9.17) is 4.74 Å². The molecule has 0 fully saturated rings. The van der Waals surface area contributed by atoms with Crippen molar-refractivity contribution >= 4 is 28.6 Å². The number of imide groups is 1. The Morgan fingerprint density at radius 1 is 0.893 bits per heavy atom. The van der Waals surface area contributed by atoms with Gasteiger partial charge in [-0.15, -0.1) is 0 Å². The Morgan fingerprint density at radius 2 is 1.50 bits per heavy atom. The van der Waals surface area contributed by atoms with Gasteiger partial charge in [0, 0.05) is 0 Å². The maximum absolute atomic E-state index is 13.1. The summed E-state index contributed by atoms with van der Waals surface area (Å²) in [6.07, 6.45) is -0.0900. The molecule has 0 saturated carbocycles. The van der Waals surface area contributed by atoms with Crippen LogP contribution < -0.4 is 0 Å². The molecule has 1 unspecified atom stereocenters. The number of hydrogen-bond donors (Lipinski definition) is 0. The first kappa shape index (κ1) is 17.9. The summed E-state index contributed by atoms with van der Waals surface area (Å²) in [6, 6.07) is 19.4. The molecule has 0 spiro atoms. The molecule has 0 radical (unpaired) electrons. The smallest absolute Gasteiger partial charge is 0.308 e. The molecule has 2 amide bonds. The van der Waals surface area contributed by atoms with E-state index < -0.39 is 12.0 Å². The number of ether oxygens (including phenoxy) is 1. The number of benzene rings is 3. The Morgan fingerprint density at radius 3 is 2.18 bits per heavy atom. The van der Waals surface area contributed by atoms with Gasteiger partial charge in [-0.1, -0.05) is 54.6 Å². The summed E-state index contributed by atoms with van der Waals surface area (Å²) in [4.78, 5) is 39.6. The van der Waals surface area contributed by atoms with Gasteiger partial charge in [0.1, 0.15) is 0 Å². The molecule has 1 heterocycles. The molecule has 28 heavy (non-hydrogen) atoms. The van der Waals surface area contributed by atoms with E-state index in [9.17, 15) is 14.4 Å². The van der Waals surface area contributed by atoms with Crippen LogP contribution in [0.5, 0.6) is 0 Å². The highest BCUT2D eigenvalue weighted by atomic mass is 16.5. The molecule has 1 aliphatic rings. The van der Waals surface area contributed by atoms with Gasteiger partial charge in [-0.05, 0) is 35.4 Å². The van der Waals surface area contributed by atoms with Crippen LogP contribution in [0, 0.1) is 0 Å². The minimum Gasteiger partial charge on any atom is -0.466 e. The van der Waals surface area contributed by atoms with E-state index in [1.165, 1.54) is 4.90 Å². The number of fused-ring (bicyclic) bond motifs is 2. The van der Waals surface area contributed by atoms with Crippen molar-refractivity contribution in [2.24, 2.45) is 0 Å². The summed E-state index contributed by atoms with van der Waals surface area (Å²) in [5.74, 6) is -1.22. The van der Waals surface area contributed by atoms with E-state index in [0.717, 1.165) is 16.3 Å². The Hall–Kier alpha value is -3.47. The Bertz CT molecular complexity index is 1050. The fourth-order valence-electron chi connectivity index (χ4n) is 3.75. The van der Waals surface area contributed by atoms with Crippen LogP contribution in [0.3, 0.4) is 0 Å². The van der Waals surface area contributed by atoms with Gasteiger partial charge in [-0.2, -0.15) is 0 Å². The molecule has 5 nitrogen and oxygen atoms in total. The molecule has 1 aliphatic heterocycles. The molecule has 3 aromatic rings. The molecule has 140 valence electrons. The lowest BCUT2D eigenvalue weighted by atomic mass is 9.95. The molecule has 0 aliphatic carbocycles. The third-order valence-electron chi connectivity index (χ3n) is 4.98. The highest BCUT2D eigenvalue weighted by Gasteiger charge is 2.41. The summed E-state index contributed by atoms with van der Waals surface area (Å²) in [5.41, 5.74) is 1.48. The Balaban J connectivity index is 1.84. The third-order valence-corrected chi connectivity index (χ3v) is 4.98. The number of amides is 2. The van der Waals surface area contributed by atoms with E-state index in [1.54, 1.807) is 31.2 Å². The standard InChI is InChI=1S/C23H19NO4/c1-2-28-21(25)14-20(17-13-7-9-15-8-3-4-10-16(15)17)24-22(26)18-11-5-6-12-19(18)23(24)27/h3-13,20H,2,14H2,1H3. The number of nitrogens with zero attached hydrogens (tertiary/aromatic N) is 1. The quantitative estimate of drug-likeness (QED) is 0.498. The predicted molar refractivity (Wildman–Crippen MR) is 105 cm³/mol. The van der Waals surface area contributed by atoms with Gasteiger partial charge in [0.25, 0.3) is 11.8 Å². The predicted octanol–water partition coefficient (Wildman–Crippen LogP) is 4.13. The van der Waals surface area contributed by atoms with E-state index in [-0.39, 0.29) is 24.8 Å². The van der Waals surface area contributed by atoms with Crippen LogP contribution in [0.25, 0.3) is 10.8 Å². The molecule has 0 N–H and O–H groups in total. The zero-order chi connectivity index (χ0) is 19.7. The van der Waals surface area contributed by atoms with Crippen molar-refractivity contribution in [1.29, 1.82) is 0 Å². The van der Waals surface area contributed by atoms with E-state index in [0.29, 0.717) is 11.1 Å². The van der Waals surface area contributed by atoms with Crippen LogP contribution in [-0.4, -0.2) is 29.3 Å². The van der Waals surface area contributed by atoms with Crippen molar-refractivity contribution in [3.63, 3.8) is 0 Å². The first-order chi connectivity index (χ1) is 13.6. The largest absolute Gasteiger partial charge is 0.466 e. The second-order valence-electron chi connectivity index (χ2n) is 6.62. The molecule has 0 aromatic heterocycles. The highest BCUT2D eigenvalue weighted by molar-refractivity contribution is 6.21. The van der Waals surface area contributed by atoms with Gasteiger partial charge in [-0.25, -0.2) is 0 Å². The molecule has 0 bridgehead atoms. The maximum atomic E-state index is 13.1. The van der Waals surface area contributed by atoms with Gasteiger partial charge in [0.2, 0.25) is 0 Å². The summed E-state index contributed by atoms with van der Waals surface area (Å²) in [7, 11) is 0. The number of hydrogen-bond acceptors (Lipinski definition) is 4. The highest BCUT2D eigenvalue weighted by Crippen LogP contribution is 2.36. The summed E-state index contributed by atoms with van der Waals surface area (Å²) >= 11 is 0. The molecule has 3 aromatic carbocycles. The van der Waals surface area contributed by atoms with Gasteiger partial charge < -0.3 is 4.74 Å². The molecule has 5 heteroatoms. The van der Waals surface area contributed by atoms with Gasteiger partial charge in [0.05, 0.1) is 30.2 Å². The van der Waals surface area contributed by atoms with Gasteiger partial charge in [0.15, 0.2) is 0 Å². The SMILES string of the molecule is CCOC(=O)CC(c1cccc2ccccc12)N1C(=O)c2ccccc2C1=O. The van der Waals surface area contributed by atoms with Crippen molar-refractivity contribution in [2.45, 2.75) is 19.4 Å². The second kappa shape index (κ2) is 7.27. The average molecular weight is 373 g/mol. The van der Waals surface area contributed by atoms with Crippen LogP contribution in [0.1, 0.15) is 45.7 Å². The van der Waals surface area contributed by atoms with Crippen LogP contribution >= 0.6 is 0 Å². The lowest BCUT2D eigenvalue weighted by molar-refractivity contribution is -0.144. The summed E-state index contributed by atoms with van der Waals surface area (Å²) < 4.78 is 5.12. The molecular weight excluding hydrogens is 354 g/mol. The van der Waals surface area contributed by atoms with Crippen LogP contribution in [0.4, 0.5) is 0 Å². The van der Waals surface area contributed by atoms with Crippen molar-refractivity contribution in [2.75, 3.05) is 6.61 Å². The summed E-state index contributed by atoms with van der Waals surface area (Å²) in [5, 5.41) is 1.88. The van der Waals surface area contributed by atoms with E-state index >= 15 is 0 Å². The fraction of sp³-hybridized carbons (Fsp3) is 0.174. The maximum Gasteiger partial charge on any atom is 0.308 e. The Labute approximate surface area is 162 Å². The molecule has 1 atom stereocenters. The second-order valence-corrected chi connectivity index (χ2v) is 6.62. The van der Waals surface area contributed by atoms with Gasteiger partial charge >= 0.3 is 5.97 Å². The van der Waals surface area contributed by atoms with E-state index in [1.807, 2.05) is 42.5 Å². The molecule has 4 rings (SSSR count). The molecular formula is C23H19NO4. The van der Waals surface area contributed by atoms with Crippen LogP contribution in [-0.2, 0) is 9.53 Å². The number of carbonyl (C=O) groups is 3. The number of rotatable bonds is 5. The Kier molecular flexibility index (Phi) is 4.65. The zero-order valence-electron chi connectivity index (χ0n) is 15.4. The van der Waals surface area contributed by atoms with Crippen LogP contribution in [0.15, 0.2) is 66.7 Å². The first-order valence-corrected chi connectivity index (χ1v) is 9.22. The minimum absolute atomic E-state index is 0.0900. The van der Waals surface area contributed by atoms with Crippen LogP contribution in [0.2, 0.25) is 0 Å². The topological polar surface area (TPSA) is 63.7 Å². The summed E-state index contributed by atoms with van der Waals surface area (Å²) in [6.45, 7) is 1.97. The van der Waals surface area contributed by atoms with Crippen molar-refractivity contribution in [1.82, 2.24) is 4.90 Å². The fourth-order valence-corrected chi connectivity index (χ4v) is 3.75. The number of carbonyl (C=O) groups excluding carboxylic acids is 3. The van der Waals surface area contributed by atoms with Crippen molar-refractivity contribution in [3.05, 3.63) is 83.4 Å². The van der Waals surface area contributed by atoms with Gasteiger partial charge in [-0.3, -0.25) is 19.3 Å². The van der Waals surface area contributed by atoms with E-state index in [2.05, 4.69) is 0 Å². The average Bonchev–Trinajstić information content (AvgIpc) is 2.97.